The Hall–Kier alpha value is -3.02. The van der Waals surface area contributed by atoms with E-state index in [4.69, 9.17) is 9.47 Å². The van der Waals surface area contributed by atoms with Gasteiger partial charge in [-0.05, 0) is 45.1 Å². The Balaban J connectivity index is 1.77. The predicted molar refractivity (Wildman–Crippen MR) is 187 cm³/mol. The minimum atomic E-state index is -1.31. The molecule has 0 aliphatic carbocycles. The van der Waals surface area contributed by atoms with Crippen LogP contribution >= 0.6 is 15.9 Å². The molecule has 1 N–H and O–H groups in total. The van der Waals surface area contributed by atoms with Gasteiger partial charge in [0.25, 0.3) is 0 Å². The molecule has 3 fully saturated rings. The largest absolute Gasteiger partial charge is 0.455 e. The Bertz CT molecular complexity index is 1360. The van der Waals surface area contributed by atoms with Gasteiger partial charge in [-0.25, -0.2) is 0 Å². The fraction of sp³-hybridized carbons (Fsp3) is 0.622. The fourth-order valence-corrected chi connectivity index (χ4v) is 8.71. The van der Waals surface area contributed by atoms with E-state index in [0.717, 1.165) is 0 Å². The van der Waals surface area contributed by atoms with Gasteiger partial charge in [-0.15, -0.1) is 13.2 Å². The van der Waals surface area contributed by atoms with E-state index in [2.05, 4.69) is 29.1 Å². The van der Waals surface area contributed by atoms with E-state index in [9.17, 15) is 24.3 Å². The van der Waals surface area contributed by atoms with Crippen LogP contribution in [0.4, 0.5) is 0 Å². The summed E-state index contributed by atoms with van der Waals surface area (Å²) in [6, 6.07) is 6.80. The molecule has 3 aliphatic rings. The van der Waals surface area contributed by atoms with Gasteiger partial charge in [0.2, 0.25) is 17.7 Å². The zero-order valence-electron chi connectivity index (χ0n) is 29.1. The number of allylic oxidation sites excluding steroid dienone is 1. The highest BCUT2D eigenvalue weighted by Gasteiger charge is 2.78. The highest BCUT2D eigenvalue weighted by Crippen LogP contribution is 2.61. The molecule has 10 atom stereocenters. The van der Waals surface area contributed by atoms with Gasteiger partial charge in [0, 0.05) is 30.9 Å². The maximum atomic E-state index is 14.7. The molecule has 2 bridgehead atoms. The van der Waals surface area contributed by atoms with Crippen LogP contribution in [0.15, 0.2) is 55.6 Å². The van der Waals surface area contributed by atoms with Crippen molar-refractivity contribution >= 4 is 39.6 Å². The lowest BCUT2D eigenvalue weighted by Gasteiger charge is -2.41. The Morgan fingerprint density at radius 1 is 1.17 bits per heavy atom. The van der Waals surface area contributed by atoms with E-state index in [1.807, 2.05) is 65.0 Å². The average molecular weight is 731 g/mol. The van der Waals surface area contributed by atoms with E-state index in [1.165, 1.54) is 4.90 Å². The Morgan fingerprint density at radius 2 is 1.83 bits per heavy atom. The van der Waals surface area contributed by atoms with Crippen LogP contribution in [0.1, 0.15) is 72.0 Å². The SMILES string of the molecule is C=CCCC(=O)N(C)[C@@H](C)[C@@H](OC(=O)[C@H]1[C@@H]2O[C@@]3(CC2Br)[C@@H]1C(=O)N([C@@H](CO)[C@@H](C)CC)[C@@H]3C(=O)N(CC=C)C(C)C)c1ccccc1. The lowest BCUT2D eigenvalue weighted by Crippen LogP contribution is -2.60. The van der Waals surface area contributed by atoms with Crippen molar-refractivity contribution in [2.45, 2.75) is 107 Å². The second-order valence-electron chi connectivity index (χ2n) is 13.8. The number of esters is 1. The maximum Gasteiger partial charge on any atom is 0.313 e. The fourth-order valence-electron chi connectivity index (χ4n) is 7.76. The minimum Gasteiger partial charge on any atom is -0.455 e. The number of benzene rings is 1. The lowest BCUT2D eigenvalue weighted by molar-refractivity contribution is -0.165. The number of ether oxygens (including phenoxy) is 2. The summed E-state index contributed by atoms with van der Waals surface area (Å²) in [7, 11) is 1.69. The summed E-state index contributed by atoms with van der Waals surface area (Å²) in [6.45, 7) is 17.0. The van der Waals surface area contributed by atoms with Gasteiger partial charge >= 0.3 is 5.97 Å². The van der Waals surface area contributed by atoms with Crippen LogP contribution in [-0.4, -0.2) is 104 Å². The third-order valence-corrected chi connectivity index (χ3v) is 11.5. The number of halogens is 1. The van der Waals surface area contributed by atoms with Crippen LogP contribution in [-0.2, 0) is 28.7 Å². The molecule has 0 aromatic heterocycles. The topological polar surface area (TPSA) is 117 Å². The van der Waals surface area contributed by atoms with E-state index in [1.54, 1.807) is 29.0 Å². The first kappa shape index (κ1) is 37.8. The number of carbonyl (C=O) groups is 4. The molecule has 1 aromatic rings. The molecular weight excluding hydrogens is 678 g/mol. The van der Waals surface area contributed by atoms with Gasteiger partial charge in [0.05, 0.1) is 36.6 Å². The molecule has 48 heavy (non-hydrogen) atoms. The zero-order chi connectivity index (χ0) is 35.5. The number of alkyl halides is 1. The van der Waals surface area contributed by atoms with Gasteiger partial charge in [-0.3, -0.25) is 19.2 Å². The molecule has 0 radical (unpaired) electrons. The van der Waals surface area contributed by atoms with E-state index < -0.39 is 53.7 Å². The lowest BCUT2D eigenvalue weighted by atomic mass is 9.70. The number of fused-ring (bicyclic) bond motifs is 1. The molecule has 3 amide bonds. The van der Waals surface area contributed by atoms with Gasteiger partial charge in [-0.2, -0.15) is 0 Å². The standard InChI is InChI=1S/C37H52BrN3O7/c1-9-12-18-28(43)39(8)24(7)31(25-16-14-13-15-17-25)47-36(46)29-30-34(44)41(27(21-42)23(6)11-3)33(35(45)40(19-10-2)22(4)5)37(30)20-26(38)32(29)48-37/h9-10,13-17,22-24,26-27,29-33,42H,1-2,11-12,18-21H2,3-8H3/t23-,24-,26?,27-,29+,30-,31+,32+,33+,37-/m0/s1. The number of likely N-dealkylation sites (tertiary alicyclic amines) is 1. The second kappa shape index (κ2) is 15.7. The van der Waals surface area contributed by atoms with Crippen molar-refractivity contribution in [2.75, 3.05) is 20.2 Å². The number of amides is 3. The highest BCUT2D eigenvalue weighted by atomic mass is 79.9. The molecule has 3 saturated heterocycles. The summed E-state index contributed by atoms with van der Waals surface area (Å²) in [5.74, 6) is -3.56. The molecule has 3 aliphatic heterocycles. The first-order valence-corrected chi connectivity index (χ1v) is 18.0. The Kier molecular flexibility index (Phi) is 12.3. The van der Waals surface area contributed by atoms with Crippen LogP contribution in [0.25, 0.3) is 0 Å². The third-order valence-electron chi connectivity index (χ3n) is 10.7. The summed E-state index contributed by atoms with van der Waals surface area (Å²) < 4.78 is 13.1. The third kappa shape index (κ3) is 6.74. The van der Waals surface area contributed by atoms with E-state index in [0.29, 0.717) is 24.8 Å². The number of nitrogens with zero attached hydrogens (tertiary/aromatic N) is 3. The number of rotatable bonds is 16. The summed E-state index contributed by atoms with van der Waals surface area (Å²) >= 11 is 3.74. The van der Waals surface area contributed by atoms with Crippen molar-refractivity contribution in [1.29, 1.82) is 0 Å². The van der Waals surface area contributed by atoms with Crippen LogP contribution in [0.5, 0.6) is 0 Å². The van der Waals surface area contributed by atoms with E-state index in [-0.39, 0.29) is 54.1 Å². The number of aliphatic hydroxyl groups excluding tert-OH is 1. The smallest absolute Gasteiger partial charge is 0.313 e. The highest BCUT2D eigenvalue weighted by molar-refractivity contribution is 9.09. The Labute approximate surface area is 293 Å². The van der Waals surface area contributed by atoms with Crippen molar-refractivity contribution in [3.05, 3.63) is 61.2 Å². The molecule has 1 spiro atoms. The first-order chi connectivity index (χ1) is 22.8. The van der Waals surface area contributed by atoms with Gasteiger partial charge in [-0.1, -0.05) is 78.7 Å². The average Bonchev–Trinajstić information content (AvgIpc) is 3.67. The molecule has 10 nitrogen and oxygen atoms in total. The number of carbonyl (C=O) groups excluding carboxylic acids is 4. The number of hydrogen-bond donors (Lipinski definition) is 1. The molecule has 0 saturated carbocycles. The van der Waals surface area contributed by atoms with Crippen molar-refractivity contribution < 1.29 is 33.8 Å². The summed E-state index contributed by atoms with van der Waals surface area (Å²) in [4.78, 5) is 61.3. The van der Waals surface area contributed by atoms with Gasteiger partial charge in [0.1, 0.15) is 17.7 Å². The van der Waals surface area contributed by atoms with E-state index >= 15 is 0 Å². The second-order valence-corrected chi connectivity index (χ2v) is 14.9. The quantitative estimate of drug-likeness (QED) is 0.150. The van der Waals surface area contributed by atoms with Crippen LogP contribution in [0, 0.1) is 17.8 Å². The van der Waals surface area contributed by atoms with Gasteiger partial charge in [0.15, 0.2) is 0 Å². The van der Waals surface area contributed by atoms with Gasteiger partial charge < -0.3 is 29.3 Å². The van der Waals surface area contributed by atoms with Crippen molar-refractivity contribution in [3.63, 3.8) is 0 Å². The molecule has 4 rings (SSSR count). The summed E-state index contributed by atoms with van der Waals surface area (Å²) in [6.07, 6.45) is 3.58. The molecular formula is C37H52BrN3O7. The van der Waals surface area contributed by atoms with Crippen LogP contribution in [0.3, 0.4) is 0 Å². The first-order valence-electron chi connectivity index (χ1n) is 17.1. The molecule has 1 unspecified atom stereocenters. The monoisotopic (exact) mass is 729 g/mol. The molecule has 3 heterocycles. The maximum absolute atomic E-state index is 14.7. The number of hydrogen-bond acceptors (Lipinski definition) is 7. The van der Waals surface area contributed by atoms with Crippen molar-refractivity contribution in [3.8, 4) is 0 Å². The Morgan fingerprint density at radius 3 is 2.40 bits per heavy atom. The zero-order valence-corrected chi connectivity index (χ0v) is 30.7. The normalized spacial score (nSPS) is 28.4. The van der Waals surface area contributed by atoms with Crippen molar-refractivity contribution in [1.82, 2.24) is 14.7 Å². The minimum absolute atomic E-state index is 0.112. The van der Waals surface area contributed by atoms with Crippen LogP contribution in [0.2, 0.25) is 0 Å². The molecule has 1 aromatic carbocycles. The summed E-state index contributed by atoms with van der Waals surface area (Å²) in [5.41, 5.74) is -0.602. The molecule has 264 valence electrons. The number of aliphatic hydroxyl groups is 1. The number of likely N-dealkylation sites (N-methyl/N-ethyl adjacent to an activating group) is 1. The van der Waals surface area contributed by atoms with Crippen molar-refractivity contribution in [2.24, 2.45) is 17.8 Å². The molecule has 11 heteroatoms. The van der Waals surface area contributed by atoms with Crippen LogP contribution < -0.4 is 0 Å². The summed E-state index contributed by atoms with van der Waals surface area (Å²) in [5, 5.41) is 10.7. The predicted octanol–water partition coefficient (Wildman–Crippen LogP) is 4.66.